The van der Waals surface area contributed by atoms with Crippen LogP contribution in [-0.2, 0) is 4.79 Å². The van der Waals surface area contributed by atoms with Gasteiger partial charge in [-0.3, -0.25) is 4.79 Å². The molecule has 0 spiro atoms. The van der Waals surface area contributed by atoms with Crippen LogP contribution in [0.1, 0.15) is 26.2 Å². The average Bonchev–Trinajstić information content (AvgIpc) is 2.21. The van der Waals surface area contributed by atoms with Gasteiger partial charge in [0.05, 0.1) is 0 Å². The molecule has 16 heavy (non-hydrogen) atoms. The first-order chi connectivity index (χ1) is 7.29. The van der Waals surface area contributed by atoms with Crippen molar-refractivity contribution in [2.75, 3.05) is 5.75 Å². The minimum absolute atomic E-state index is 0.0497. The van der Waals surface area contributed by atoms with Gasteiger partial charge in [0.2, 0.25) is 6.17 Å². The maximum Gasteiger partial charge on any atom is 0.422 e. The van der Waals surface area contributed by atoms with Gasteiger partial charge in [0.25, 0.3) is 0 Å². The zero-order chi connectivity index (χ0) is 12.8. The molecule has 0 N–H and O–H groups in total. The van der Waals surface area contributed by atoms with E-state index in [-0.39, 0.29) is 17.3 Å². The van der Waals surface area contributed by atoms with Gasteiger partial charge in [-0.15, -0.1) is 0 Å². The van der Waals surface area contributed by atoms with E-state index in [1.807, 2.05) is 0 Å². The van der Waals surface area contributed by atoms with Crippen LogP contribution in [0.4, 0.5) is 22.0 Å². The highest BCUT2D eigenvalue weighted by Gasteiger charge is 2.45. The standard InChI is InChI=1S/C9H13F5OS/c1-2-7(15)16-5-3-4-6(10)8(11)9(12,13)14/h6,8H,2-5H2,1H3. The van der Waals surface area contributed by atoms with E-state index in [1.165, 1.54) is 0 Å². The number of carbonyl (C=O) groups is 1. The minimum Gasteiger partial charge on any atom is -0.287 e. The molecule has 0 aromatic rings. The molecule has 0 aliphatic heterocycles. The number of halogens is 5. The molecule has 0 aromatic carbocycles. The van der Waals surface area contributed by atoms with Crippen LogP contribution < -0.4 is 0 Å². The van der Waals surface area contributed by atoms with Crippen molar-refractivity contribution in [1.82, 2.24) is 0 Å². The van der Waals surface area contributed by atoms with E-state index in [4.69, 9.17) is 0 Å². The lowest BCUT2D eigenvalue weighted by Gasteiger charge is -2.16. The van der Waals surface area contributed by atoms with Crippen LogP contribution >= 0.6 is 11.8 Å². The summed E-state index contributed by atoms with van der Waals surface area (Å²) in [5.41, 5.74) is 0. The maximum absolute atomic E-state index is 12.7. The summed E-state index contributed by atoms with van der Waals surface area (Å²) in [5, 5.41) is -0.108. The van der Waals surface area contributed by atoms with Crippen molar-refractivity contribution in [3.63, 3.8) is 0 Å². The molecule has 0 aliphatic carbocycles. The molecule has 0 fully saturated rings. The molecule has 0 rings (SSSR count). The van der Waals surface area contributed by atoms with Crippen molar-refractivity contribution in [3.05, 3.63) is 0 Å². The lowest BCUT2D eigenvalue weighted by molar-refractivity contribution is -0.196. The van der Waals surface area contributed by atoms with Crippen LogP contribution in [0.15, 0.2) is 0 Å². The molecular weight excluding hydrogens is 251 g/mol. The fraction of sp³-hybridized carbons (Fsp3) is 0.889. The first kappa shape index (κ1) is 15.7. The minimum atomic E-state index is -5.15. The molecule has 0 saturated carbocycles. The fourth-order valence-electron chi connectivity index (χ4n) is 0.918. The summed E-state index contributed by atoms with van der Waals surface area (Å²) >= 11 is 0.928. The molecule has 96 valence electrons. The summed E-state index contributed by atoms with van der Waals surface area (Å²) in [6, 6.07) is 0. The van der Waals surface area contributed by atoms with E-state index in [1.54, 1.807) is 6.92 Å². The largest absolute Gasteiger partial charge is 0.422 e. The number of hydrogen-bond donors (Lipinski definition) is 0. The van der Waals surface area contributed by atoms with Gasteiger partial charge in [-0.05, 0) is 12.8 Å². The molecular formula is C9H13F5OS. The van der Waals surface area contributed by atoms with Gasteiger partial charge in [0, 0.05) is 12.2 Å². The third kappa shape index (κ3) is 6.30. The Kier molecular flexibility index (Phi) is 6.94. The second-order valence-electron chi connectivity index (χ2n) is 3.18. The first-order valence-electron chi connectivity index (χ1n) is 4.79. The van der Waals surface area contributed by atoms with Crippen LogP contribution in [0.25, 0.3) is 0 Å². The van der Waals surface area contributed by atoms with Gasteiger partial charge in [-0.1, -0.05) is 18.7 Å². The highest BCUT2D eigenvalue weighted by atomic mass is 32.2. The molecule has 2 atom stereocenters. The van der Waals surface area contributed by atoms with E-state index >= 15 is 0 Å². The highest BCUT2D eigenvalue weighted by Crippen LogP contribution is 2.29. The average molecular weight is 264 g/mol. The first-order valence-corrected chi connectivity index (χ1v) is 5.78. The second kappa shape index (κ2) is 7.09. The van der Waals surface area contributed by atoms with Crippen molar-refractivity contribution < 1.29 is 26.7 Å². The zero-order valence-electron chi connectivity index (χ0n) is 8.69. The summed E-state index contributed by atoms with van der Waals surface area (Å²) < 4.78 is 60.2. The van der Waals surface area contributed by atoms with Gasteiger partial charge >= 0.3 is 6.18 Å². The molecule has 0 aliphatic rings. The number of hydrogen-bond acceptors (Lipinski definition) is 2. The zero-order valence-corrected chi connectivity index (χ0v) is 9.51. The topological polar surface area (TPSA) is 17.1 Å². The van der Waals surface area contributed by atoms with Crippen LogP contribution in [0, 0.1) is 0 Å². The Balaban J connectivity index is 3.74. The molecule has 0 saturated heterocycles. The van der Waals surface area contributed by atoms with Crippen molar-refractivity contribution in [2.45, 2.75) is 44.7 Å². The predicted octanol–water partition coefficient (Wildman–Crippen LogP) is 3.67. The monoisotopic (exact) mass is 264 g/mol. The predicted molar refractivity (Wildman–Crippen MR) is 52.8 cm³/mol. The number of thioether (sulfide) groups is 1. The quantitative estimate of drug-likeness (QED) is 0.538. The normalized spacial score (nSPS) is 15.9. The van der Waals surface area contributed by atoms with E-state index in [0.29, 0.717) is 6.42 Å². The van der Waals surface area contributed by atoms with Gasteiger partial charge in [0.1, 0.15) is 6.17 Å². The molecule has 0 radical (unpaired) electrons. The molecule has 2 unspecified atom stereocenters. The van der Waals surface area contributed by atoms with Crippen LogP contribution in [0.5, 0.6) is 0 Å². The SMILES string of the molecule is CCC(=O)SCCCC(F)C(F)C(F)(F)F. The van der Waals surface area contributed by atoms with Gasteiger partial charge < -0.3 is 0 Å². The van der Waals surface area contributed by atoms with E-state index in [0.717, 1.165) is 11.8 Å². The maximum atomic E-state index is 12.7. The van der Waals surface area contributed by atoms with Crippen LogP contribution in [0.3, 0.4) is 0 Å². The van der Waals surface area contributed by atoms with Crippen LogP contribution in [-0.4, -0.2) is 29.4 Å². The highest BCUT2D eigenvalue weighted by molar-refractivity contribution is 8.13. The molecule has 1 nitrogen and oxygen atoms in total. The summed E-state index contributed by atoms with van der Waals surface area (Å²) in [7, 11) is 0. The Morgan fingerprint density at radius 3 is 2.31 bits per heavy atom. The van der Waals surface area contributed by atoms with Crippen molar-refractivity contribution in [3.8, 4) is 0 Å². The second-order valence-corrected chi connectivity index (χ2v) is 4.33. The smallest absolute Gasteiger partial charge is 0.287 e. The third-order valence-electron chi connectivity index (χ3n) is 1.81. The van der Waals surface area contributed by atoms with Gasteiger partial charge in [0.15, 0.2) is 5.12 Å². The Morgan fingerprint density at radius 1 is 1.31 bits per heavy atom. The Hall–Kier alpha value is -0.330. The fourth-order valence-corrected chi connectivity index (χ4v) is 1.66. The van der Waals surface area contributed by atoms with E-state index in [9.17, 15) is 26.7 Å². The lowest BCUT2D eigenvalue weighted by atomic mass is 10.1. The lowest BCUT2D eigenvalue weighted by Crippen LogP contribution is -2.33. The number of carbonyl (C=O) groups excluding carboxylic acids is 1. The van der Waals surface area contributed by atoms with E-state index < -0.39 is 24.9 Å². The van der Waals surface area contributed by atoms with Gasteiger partial charge in [-0.25, -0.2) is 8.78 Å². The Morgan fingerprint density at radius 2 is 1.88 bits per heavy atom. The number of rotatable bonds is 6. The molecule has 0 aromatic heterocycles. The number of alkyl halides is 5. The molecule has 0 heterocycles. The summed E-state index contributed by atoms with van der Waals surface area (Å²) in [5.74, 6) is 0.220. The van der Waals surface area contributed by atoms with Crippen LogP contribution in [0.2, 0.25) is 0 Å². The van der Waals surface area contributed by atoms with Crippen molar-refractivity contribution in [2.24, 2.45) is 0 Å². The molecule has 0 bridgehead atoms. The molecule has 7 heteroatoms. The van der Waals surface area contributed by atoms with Crippen molar-refractivity contribution in [1.29, 1.82) is 0 Å². The van der Waals surface area contributed by atoms with Crippen molar-refractivity contribution >= 4 is 16.9 Å². The summed E-state index contributed by atoms with van der Waals surface area (Å²) in [6.45, 7) is 1.65. The van der Waals surface area contributed by atoms with E-state index in [2.05, 4.69) is 0 Å². The summed E-state index contributed by atoms with van der Waals surface area (Å²) in [6.07, 6.45) is -11.3. The summed E-state index contributed by atoms with van der Waals surface area (Å²) in [4.78, 5) is 10.8. The third-order valence-corrected chi connectivity index (χ3v) is 2.91. The Labute approximate surface area is 94.8 Å². The molecule has 0 amide bonds. The Bertz CT molecular complexity index is 218. The van der Waals surface area contributed by atoms with Gasteiger partial charge in [-0.2, -0.15) is 13.2 Å².